The van der Waals surface area contributed by atoms with E-state index in [2.05, 4.69) is 0 Å². The van der Waals surface area contributed by atoms with Gasteiger partial charge in [-0.05, 0) is 50.5 Å². The fourth-order valence-electron chi connectivity index (χ4n) is 3.63. The summed E-state index contributed by atoms with van der Waals surface area (Å²) in [5, 5.41) is 10.3. The smallest absolute Gasteiger partial charge is 0.254 e. The van der Waals surface area contributed by atoms with Gasteiger partial charge in [0, 0.05) is 30.7 Å². The van der Waals surface area contributed by atoms with Crippen LogP contribution < -0.4 is 4.74 Å². The van der Waals surface area contributed by atoms with E-state index in [9.17, 15) is 9.90 Å². The van der Waals surface area contributed by atoms with Crippen molar-refractivity contribution in [1.82, 2.24) is 4.90 Å². The summed E-state index contributed by atoms with van der Waals surface area (Å²) in [6, 6.07) is 7.37. The Morgan fingerprint density at radius 3 is 2.83 bits per heavy atom. The van der Waals surface area contributed by atoms with Crippen LogP contribution in [0, 0.1) is 5.92 Å². The highest BCUT2D eigenvalue weighted by atomic mass is 16.5. The minimum absolute atomic E-state index is 0.0258. The second kappa shape index (κ2) is 7.32. The predicted molar refractivity (Wildman–Crippen MR) is 86.6 cm³/mol. The van der Waals surface area contributed by atoms with Gasteiger partial charge < -0.3 is 19.5 Å². The maximum atomic E-state index is 12.8. The molecule has 0 unspecified atom stereocenters. The normalized spacial score (nSPS) is 27.9. The molecule has 0 radical (unpaired) electrons. The van der Waals surface area contributed by atoms with Crippen LogP contribution >= 0.6 is 0 Å². The lowest BCUT2D eigenvalue weighted by atomic mass is 9.89. The van der Waals surface area contributed by atoms with Crippen molar-refractivity contribution in [1.29, 1.82) is 0 Å². The van der Waals surface area contributed by atoms with Crippen molar-refractivity contribution in [3.05, 3.63) is 29.8 Å². The van der Waals surface area contributed by atoms with Crippen LogP contribution in [0.4, 0.5) is 0 Å². The van der Waals surface area contributed by atoms with E-state index in [0.29, 0.717) is 31.8 Å². The number of carbonyl (C=O) groups excluding carboxylic acids is 1. The van der Waals surface area contributed by atoms with Crippen LogP contribution in [0.1, 0.15) is 36.5 Å². The van der Waals surface area contributed by atoms with Crippen molar-refractivity contribution in [2.75, 3.05) is 26.4 Å². The maximum absolute atomic E-state index is 12.8. The number of amides is 1. The lowest BCUT2D eigenvalue weighted by Crippen LogP contribution is -2.48. The minimum atomic E-state index is -0.373. The standard InChI is InChI=1S/C18H25NO4/c1-2-23-14-7-5-13(6-8-14)18(21)19-10-3-4-16(19)15-12-22-11-9-17(15)20/h5-8,15-17,20H,2-4,9-12H2,1H3/t15-,16+,17-/m0/s1. The number of likely N-dealkylation sites (tertiary alicyclic amines) is 1. The molecule has 2 saturated heterocycles. The Hall–Kier alpha value is -1.59. The Kier molecular flexibility index (Phi) is 5.18. The van der Waals surface area contributed by atoms with Crippen LogP contribution in [0.25, 0.3) is 0 Å². The van der Waals surface area contributed by atoms with Crippen LogP contribution in [0.2, 0.25) is 0 Å². The monoisotopic (exact) mass is 319 g/mol. The van der Waals surface area contributed by atoms with E-state index in [0.717, 1.165) is 25.1 Å². The number of benzene rings is 1. The van der Waals surface area contributed by atoms with Crippen molar-refractivity contribution in [2.24, 2.45) is 5.92 Å². The van der Waals surface area contributed by atoms with E-state index in [4.69, 9.17) is 9.47 Å². The SMILES string of the molecule is CCOc1ccc(C(=O)N2CCC[C@@H]2[C@@H]2COCC[C@@H]2O)cc1. The fourth-order valence-corrected chi connectivity index (χ4v) is 3.63. The molecule has 5 nitrogen and oxygen atoms in total. The van der Waals surface area contributed by atoms with Crippen LogP contribution in [0.3, 0.4) is 0 Å². The van der Waals surface area contributed by atoms with Gasteiger partial charge in [0.05, 0.1) is 19.3 Å². The average molecular weight is 319 g/mol. The minimum Gasteiger partial charge on any atom is -0.494 e. The highest BCUT2D eigenvalue weighted by Gasteiger charge is 2.39. The number of rotatable bonds is 4. The summed E-state index contributed by atoms with van der Waals surface area (Å²) in [5.41, 5.74) is 0.673. The summed E-state index contributed by atoms with van der Waals surface area (Å²) in [7, 11) is 0. The molecule has 1 aromatic rings. The number of aliphatic hydroxyl groups excluding tert-OH is 1. The molecule has 5 heteroatoms. The average Bonchev–Trinajstić information content (AvgIpc) is 3.05. The first kappa shape index (κ1) is 16.3. The number of hydrogen-bond acceptors (Lipinski definition) is 4. The van der Waals surface area contributed by atoms with Crippen molar-refractivity contribution >= 4 is 5.91 Å². The third kappa shape index (κ3) is 3.51. The van der Waals surface area contributed by atoms with Crippen LogP contribution in [-0.4, -0.2) is 54.4 Å². The number of hydrogen-bond donors (Lipinski definition) is 1. The molecule has 0 aliphatic carbocycles. The number of ether oxygens (including phenoxy) is 2. The first-order valence-corrected chi connectivity index (χ1v) is 8.50. The van der Waals surface area contributed by atoms with Crippen LogP contribution in [-0.2, 0) is 4.74 Å². The lowest BCUT2D eigenvalue weighted by molar-refractivity contribution is -0.0589. The lowest BCUT2D eigenvalue weighted by Gasteiger charge is -2.37. The van der Waals surface area contributed by atoms with Gasteiger partial charge in [-0.2, -0.15) is 0 Å². The summed E-state index contributed by atoms with van der Waals surface area (Å²) < 4.78 is 10.9. The molecule has 23 heavy (non-hydrogen) atoms. The molecular weight excluding hydrogens is 294 g/mol. The number of nitrogens with zero attached hydrogens (tertiary/aromatic N) is 1. The summed E-state index contributed by atoms with van der Waals surface area (Å²) in [6.07, 6.45) is 2.21. The molecule has 0 bridgehead atoms. The van der Waals surface area contributed by atoms with Crippen molar-refractivity contribution in [3.63, 3.8) is 0 Å². The molecule has 2 heterocycles. The Morgan fingerprint density at radius 1 is 1.35 bits per heavy atom. The molecule has 1 aromatic carbocycles. The number of aliphatic hydroxyl groups is 1. The predicted octanol–water partition coefficient (Wildman–Crippen LogP) is 2.09. The molecule has 2 fully saturated rings. The zero-order valence-corrected chi connectivity index (χ0v) is 13.6. The second-order valence-corrected chi connectivity index (χ2v) is 6.26. The first-order chi connectivity index (χ1) is 11.2. The Balaban J connectivity index is 1.72. The Morgan fingerprint density at radius 2 is 2.13 bits per heavy atom. The fraction of sp³-hybridized carbons (Fsp3) is 0.611. The van der Waals surface area contributed by atoms with Crippen LogP contribution in [0.5, 0.6) is 5.75 Å². The topological polar surface area (TPSA) is 59.0 Å². The zero-order valence-electron chi connectivity index (χ0n) is 13.6. The van der Waals surface area contributed by atoms with Crippen molar-refractivity contribution in [2.45, 2.75) is 38.3 Å². The highest BCUT2D eigenvalue weighted by Crippen LogP contribution is 2.31. The van der Waals surface area contributed by atoms with E-state index < -0.39 is 0 Å². The van der Waals surface area contributed by atoms with Gasteiger partial charge in [-0.1, -0.05) is 0 Å². The molecule has 0 saturated carbocycles. The van der Waals surface area contributed by atoms with Crippen molar-refractivity contribution < 1.29 is 19.4 Å². The summed E-state index contributed by atoms with van der Waals surface area (Å²) in [6.45, 7) is 4.45. The zero-order chi connectivity index (χ0) is 16.2. The van der Waals surface area contributed by atoms with Gasteiger partial charge in [0.15, 0.2) is 0 Å². The second-order valence-electron chi connectivity index (χ2n) is 6.26. The number of carbonyl (C=O) groups is 1. The van der Waals surface area contributed by atoms with E-state index in [1.54, 1.807) is 0 Å². The van der Waals surface area contributed by atoms with Gasteiger partial charge in [-0.25, -0.2) is 0 Å². The summed E-state index contributed by atoms with van der Waals surface area (Å²) in [4.78, 5) is 14.8. The molecule has 1 N–H and O–H groups in total. The van der Waals surface area contributed by atoms with E-state index in [-0.39, 0.29) is 24.0 Å². The molecule has 126 valence electrons. The van der Waals surface area contributed by atoms with Gasteiger partial charge in [0.2, 0.25) is 0 Å². The van der Waals surface area contributed by atoms with Crippen molar-refractivity contribution in [3.8, 4) is 5.75 Å². The largest absolute Gasteiger partial charge is 0.494 e. The quantitative estimate of drug-likeness (QED) is 0.923. The maximum Gasteiger partial charge on any atom is 0.254 e. The Labute approximate surface area is 137 Å². The van der Waals surface area contributed by atoms with Crippen LogP contribution in [0.15, 0.2) is 24.3 Å². The molecule has 2 aliphatic rings. The van der Waals surface area contributed by atoms with Gasteiger partial charge in [0.25, 0.3) is 5.91 Å². The molecule has 3 atom stereocenters. The Bertz CT molecular complexity index is 530. The van der Waals surface area contributed by atoms with Gasteiger partial charge in [0.1, 0.15) is 5.75 Å². The van der Waals surface area contributed by atoms with Gasteiger partial charge >= 0.3 is 0 Å². The third-order valence-corrected chi connectivity index (χ3v) is 4.83. The highest BCUT2D eigenvalue weighted by molar-refractivity contribution is 5.94. The molecule has 2 aliphatic heterocycles. The van der Waals surface area contributed by atoms with Gasteiger partial charge in [-0.3, -0.25) is 4.79 Å². The van der Waals surface area contributed by atoms with E-state index in [1.807, 2.05) is 36.1 Å². The third-order valence-electron chi connectivity index (χ3n) is 4.83. The molecule has 3 rings (SSSR count). The van der Waals surface area contributed by atoms with Gasteiger partial charge in [-0.15, -0.1) is 0 Å². The first-order valence-electron chi connectivity index (χ1n) is 8.50. The van der Waals surface area contributed by atoms with E-state index in [1.165, 1.54) is 0 Å². The molecule has 1 amide bonds. The molecular formula is C18H25NO4. The summed E-state index contributed by atoms with van der Waals surface area (Å²) in [5.74, 6) is 0.837. The van der Waals surface area contributed by atoms with E-state index >= 15 is 0 Å². The molecule has 0 aromatic heterocycles. The summed E-state index contributed by atoms with van der Waals surface area (Å²) >= 11 is 0. The molecule has 0 spiro atoms.